The number of anilines is 1. The lowest BCUT2D eigenvalue weighted by Gasteiger charge is -2.07. The fourth-order valence-electron chi connectivity index (χ4n) is 2.65. The number of amides is 1. The van der Waals surface area contributed by atoms with Crippen molar-refractivity contribution in [2.75, 3.05) is 5.32 Å². The van der Waals surface area contributed by atoms with Gasteiger partial charge in [-0.05, 0) is 40.7 Å². The van der Waals surface area contributed by atoms with Crippen LogP contribution in [0, 0.1) is 20.8 Å². The number of fused-ring (bicyclic) bond motifs is 1. The molecule has 1 amide bonds. The van der Waals surface area contributed by atoms with E-state index in [9.17, 15) is 4.79 Å². The first-order valence-electron chi connectivity index (χ1n) is 7.48. The molecule has 0 saturated heterocycles. The molecule has 0 radical (unpaired) electrons. The number of hydrogen-bond donors (Lipinski definition) is 1. The van der Waals surface area contributed by atoms with E-state index < -0.39 is 0 Å². The number of hydrogen-bond acceptors (Lipinski definition) is 5. The number of carbonyl (C=O) groups is 1. The second-order valence-corrected chi connectivity index (χ2v) is 5.92. The Morgan fingerprint density at radius 3 is 2.65 bits per heavy atom. The minimum atomic E-state index is -0.250. The Morgan fingerprint density at radius 1 is 1.26 bits per heavy atom. The highest BCUT2D eigenvalue weighted by atomic mass is 16.5. The molecular weight excluding hydrogens is 294 g/mol. The van der Waals surface area contributed by atoms with Crippen LogP contribution in [0.5, 0.6) is 0 Å². The summed E-state index contributed by atoms with van der Waals surface area (Å²) >= 11 is 0. The predicted octanol–water partition coefficient (Wildman–Crippen LogP) is 3.18. The first kappa shape index (κ1) is 15.2. The van der Waals surface area contributed by atoms with E-state index in [4.69, 9.17) is 4.52 Å². The Morgan fingerprint density at radius 2 is 2.00 bits per heavy atom. The maximum Gasteiger partial charge on any atom is 0.258 e. The van der Waals surface area contributed by atoms with E-state index in [1.165, 1.54) is 0 Å². The minimum absolute atomic E-state index is 0.232. The molecule has 23 heavy (non-hydrogen) atoms. The van der Waals surface area contributed by atoms with Gasteiger partial charge in [0.05, 0.1) is 16.6 Å². The molecule has 0 aromatic carbocycles. The summed E-state index contributed by atoms with van der Waals surface area (Å²) in [6, 6.07) is 3.81. The standard InChI is InChI=1S/C16H19N5O2/c1-8(2)21-10(4)7-13(19-21)18-15(22)12-6-9(3)17-16-14(12)11(5)20-23-16/h6-8H,1-5H3,(H,18,19,22). The van der Waals surface area contributed by atoms with E-state index in [2.05, 4.69) is 20.6 Å². The van der Waals surface area contributed by atoms with E-state index in [0.29, 0.717) is 33.9 Å². The van der Waals surface area contributed by atoms with Crippen LogP contribution in [-0.2, 0) is 0 Å². The Balaban J connectivity index is 1.98. The average Bonchev–Trinajstić information content (AvgIpc) is 3.01. The highest BCUT2D eigenvalue weighted by molar-refractivity contribution is 6.12. The number of aryl methyl sites for hydroxylation is 3. The topological polar surface area (TPSA) is 85.8 Å². The van der Waals surface area contributed by atoms with E-state index in [0.717, 1.165) is 5.69 Å². The molecule has 3 rings (SSSR count). The highest BCUT2D eigenvalue weighted by Gasteiger charge is 2.19. The smallest absolute Gasteiger partial charge is 0.258 e. The van der Waals surface area contributed by atoms with Gasteiger partial charge in [0, 0.05) is 23.5 Å². The van der Waals surface area contributed by atoms with Gasteiger partial charge in [0.2, 0.25) is 0 Å². The van der Waals surface area contributed by atoms with Gasteiger partial charge < -0.3 is 9.84 Å². The number of aromatic nitrogens is 4. The van der Waals surface area contributed by atoms with E-state index in [-0.39, 0.29) is 11.9 Å². The number of carbonyl (C=O) groups excluding carboxylic acids is 1. The molecule has 0 aliphatic rings. The molecule has 120 valence electrons. The molecule has 3 heterocycles. The molecule has 0 saturated carbocycles. The third kappa shape index (κ3) is 2.69. The molecule has 1 N–H and O–H groups in total. The summed E-state index contributed by atoms with van der Waals surface area (Å²) in [4.78, 5) is 16.9. The second kappa shape index (κ2) is 5.49. The number of nitrogens with zero attached hydrogens (tertiary/aromatic N) is 4. The van der Waals surface area contributed by atoms with Crippen LogP contribution in [0.25, 0.3) is 11.1 Å². The summed E-state index contributed by atoms with van der Waals surface area (Å²) in [5, 5.41) is 11.8. The van der Waals surface area contributed by atoms with Crippen LogP contribution in [-0.4, -0.2) is 25.8 Å². The normalized spacial score (nSPS) is 11.4. The molecular formula is C16H19N5O2. The van der Waals surface area contributed by atoms with Crippen molar-refractivity contribution >= 4 is 22.8 Å². The lowest BCUT2D eigenvalue weighted by atomic mass is 10.1. The third-order valence-electron chi connectivity index (χ3n) is 3.64. The van der Waals surface area contributed by atoms with Crippen molar-refractivity contribution in [1.29, 1.82) is 0 Å². The molecule has 7 nitrogen and oxygen atoms in total. The van der Waals surface area contributed by atoms with Crippen LogP contribution >= 0.6 is 0 Å². The first-order valence-corrected chi connectivity index (χ1v) is 7.48. The molecule has 0 atom stereocenters. The number of rotatable bonds is 3. The van der Waals surface area contributed by atoms with Gasteiger partial charge in [-0.25, -0.2) is 4.98 Å². The van der Waals surface area contributed by atoms with Crippen molar-refractivity contribution in [2.45, 2.75) is 40.7 Å². The fraction of sp³-hybridized carbons (Fsp3) is 0.375. The van der Waals surface area contributed by atoms with Crippen LogP contribution < -0.4 is 5.32 Å². The lowest BCUT2D eigenvalue weighted by molar-refractivity contribution is 0.102. The van der Waals surface area contributed by atoms with E-state index in [1.54, 1.807) is 13.0 Å². The Hall–Kier alpha value is -2.70. The van der Waals surface area contributed by atoms with Crippen LogP contribution in [0.15, 0.2) is 16.7 Å². The van der Waals surface area contributed by atoms with Gasteiger partial charge in [-0.1, -0.05) is 5.16 Å². The maximum absolute atomic E-state index is 12.7. The Kier molecular flexibility index (Phi) is 3.63. The largest absolute Gasteiger partial charge is 0.336 e. The van der Waals surface area contributed by atoms with Crippen molar-refractivity contribution in [3.8, 4) is 0 Å². The summed E-state index contributed by atoms with van der Waals surface area (Å²) in [5.74, 6) is 0.276. The molecule has 0 spiro atoms. The van der Waals surface area contributed by atoms with Crippen LogP contribution in [0.3, 0.4) is 0 Å². The van der Waals surface area contributed by atoms with Crippen molar-refractivity contribution in [2.24, 2.45) is 0 Å². The van der Waals surface area contributed by atoms with Gasteiger partial charge in [0.1, 0.15) is 0 Å². The van der Waals surface area contributed by atoms with E-state index >= 15 is 0 Å². The van der Waals surface area contributed by atoms with Crippen molar-refractivity contribution in [1.82, 2.24) is 19.9 Å². The van der Waals surface area contributed by atoms with Gasteiger partial charge in [0.15, 0.2) is 5.82 Å². The summed E-state index contributed by atoms with van der Waals surface area (Å²) in [6.45, 7) is 9.65. The quantitative estimate of drug-likeness (QED) is 0.802. The zero-order chi connectivity index (χ0) is 16.7. The molecule has 0 bridgehead atoms. The summed E-state index contributed by atoms with van der Waals surface area (Å²) in [5.41, 5.74) is 3.19. The molecule has 3 aromatic rings. The number of nitrogens with one attached hydrogen (secondary N) is 1. The monoisotopic (exact) mass is 313 g/mol. The fourth-order valence-corrected chi connectivity index (χ4v) is 2.65. The summed E-state index contributed by atoms with van der Waals surface area (Å²) < 4.78 is 7.03. The van der Waals surface area contributed by atoms with Gasteiger partial charge in [0.25, 0.3) is 11.6 Å². The van der Waals surface area contributed by atoms with Crippen molar-refractivity contribution in [3.63, 3.8) is 0 Å². The summed E-state index contributed by atoms with van der Waals surface area (Å²) in [6.07, 6.45) is 0. The van der Waals surface area contributed by atoms with Crippen LogP contribution in [0.1, 0.15) is 47.3 Å². The third-order valence-corrected chi connectivity index (χ3v) is 3.64. The SMILES string of the molecule is Cc1cc(C(=O)Nc2cc(C)n(C(C)C)n2)c2c(C)noc2n1. The highest BCUT2D eigenvalue weighted by Crippen LogP contribution is 2.23. The molecule has 0 unspecified atom stereocenters. The maximum atomic E-state index is 12.7. The number of pyridine rings is 1. The van der Waals surface area contributed by atoms with Crippen LogP contribution in [0.2, 0.25) is 0 Å². The Labute approximate surface area is 133 Å². The predicted molar refractivity (Wildman–Crippen MR) is 86.6 cm³/mol. The van der Waals surface area contributed by atoms with Gasteiger partial charge in [-0.2, -0.15) is 5.10 Å². The zero-order valence-electron chi connectivity index (χ0n) is 13.8. The molecule has 7 heteroatoms. The second-order valence-electron chi connectivity index (χ2n) is 5.92. The van der Waals surface area contributed by atoms with Crippen molar-refractivity contribution < 1.29 is 9.32 Å². The zero-order valence-corrected chi connectivity index (χ0v) is 13.8. The molecule has 0 fully saturated rings. The first-order chi connectivity index (χ1) is 10.9. The molecule has 0 aliphatic heterocycles. The average molecular weight is 313 g/mol. The van der Waals surface area contributed by atoms with Crippen LogP contribution in [0.4, 0.5) is 5.82 Å². The Bertz CT molecular complexity index is 891. The van der Waals surface area contributed by atoms with Gasteiger partial charge in [-0.15, -0.1) is 0 Å². The summed E-state index contributed by atoms with van der Waals surface area (Å²) in [7, 11) is 0. The minimum Gasteiger partial charge on any atom is -0.336 e. The molecule has 3 aromatic heterocycles. The van der Waals surface area contributed by atoms with E-state index in [1.807, 2.05) is 38.4 Å². The lowest BCUT2D eigenvalue weighted by Crippen LogP contribution is -2.14. The van der Waals surface area contributed by atoms with Crippen molar-refractivity contribution in [3.05, 3.63) is 34.8 Å². The van der Waals surface area contributed by atoms with Gasteiger partial charge in [-0.3, -0.25) is 9.48 Å². The van der Waals surface area contributed by atoms with Gasteiger partial charge >= 0.3 is 0 Å². The molecule has 0 aliphatic carbocycles.